The van der Waals surface area contributed by atoms with Gasteiger partial charge in [-0.25, -0.2) is 12.8 Å². The summed E-state index contributed by atoms with van der Waals surface area (Å²) < 4.78 is 39.6. The first kappa shape index (κ1) is 15.9. The largest absolute Gasteiger partial charge is 0.315 e. The zero-order valence-corrected chi connectivity index (χ0v) is 12.3. The topological polar surface area (TPSA) is 58.2 Å². The number of halogens is 1. The molecule has 0 saturated heterocycles. The fourth-order valence-corrected chi connectivity index (χ4v) is 2.66. The smallest absolute Gasteiger partial charge is 0.236 e. The standard InChI is InChI=1S/C13H21FN2O2S/c1-4-7-15-9-11(3)19(17,18)16-13-6-5-12(14)8-10(13)2/h5-6,8,11,15-16H,4,7,9H2,1-3H3. The van der Waals surface area contributed by atoms with Gasteiger partial charge in [-0.1, -0.05) is 6.92 Å². The van der Waals surface area contributed by atoms with Crippen molar-refractivity contribution in [2.24, 2.45) is 0 Å². The SMILES string of the molecule is CCCNCC(C)S(=O)(=O)Nc1ccc(F)cc1C. The van der Waals surface area contributed by atoms with E-state index in [-0.39, 0.29) is 5.82 Å². The summed E-state index contributed by atoms with van der Waals surface area (Å²) in [5.74, 6) is -0.377. The van der Waals surface area contributed by atoms with Gasteiger partial charge in [-0.3, -0.25) is 4.72 Å². The molecule has 0 aliphatic rings. The minimum absolute atomic E-state index is 0.377. The molecule has 6 heteroatoms. The van der Waals surface area contributed by atoms with E-state index in [9.17, 15) is 12.8 Å². The van der Waals surface area contributed by atoms with Crippen LogP contribution in [-0.4, -0.2) is 26.8 Å². The van der Waals surface area contributed by atoms with Gasteiger partial charge in [0.2, 0.25) is 10.0 Å². The third kappa shape index (κ3) is 4.80. The van der Waals surface area contributed by atoms with Gasteiger partial charge in [0, 0.05) is 6.54 Å². The number of anilines is 1. The summed E-state index contributed by atoms with van der Waals surface area (Å²) in [7, 11) is -3.46. The summed E-state index contributed by atoms with van der Waals surface area (Å²) in [4.78, 5) is 0. The van der Waals surface area contributed by atoms with Crippen LogP contribution in [0.15, 0.2) is 18.2 Å². The molecule has 0 fully saturated rings. The third-order valence-electron chi connectivity index (χ3n) is 2.83. The van der Waals surface area contributed by atoms with Gasteiger partial charge >= 0.3 is 0 Å². The quantitative estimate of drug-likeness (QED) is 0.757. The minimum atomic E-state index is -3.46. The van der Waals surface area contributed by atoms with Gasteiger partial charge in [0.1, 0.15) is 5.82 Å². The number of nitrogens with one attached hydrogen (secondary N) is 2. The van der Waals surface area contributed by atoms with Crippen LogP contribution in [0, 0.1) is 12.7 Å². The van der Waals surface area contributed by atoms with E-state index in [0.29, 0.717) is 17.8 Å². The molecule has 0 aromatic heterocycles. The number of aryl methyl sites for hydroxylation is 1. The molecule has 4 nitrogen and oxygen atoms in total. The van der Waals surface area contributed by atoms with E-state index < -0.39 is 15.3 Å². The molecular weight excluding hydrogens is 267 g/mol. The molecule has 0 spiro atoms. The molecule has 0 saturated carbocycles. The molecule has 1 atom stereocenters. The Kier molecular flexibility index (Phi) is 5.75. The maximum atomic E-state index is 13.0. The monoisotopic (exact) mass is 288 g/mol. The Hall–Kier alpha value is -1.14. The van der Waals surface area contributed by atoms with Crippen molar-refractivity contribution in [2.45, 2.75) is 32.4 Å². The molecule has 0 aliphatic heterocycles. The number of benzene rings is 1. The zero-order chi connectivity index (χ0) is 14.5. The number of hydrogen-bond donors (Lipinski definition) is 2. The molecule has 0 bridgehead atoms. The lowest BCUT2D eigenvalue weighted by Crippen LogP contribution is -2.35. The first-order chi connectivity index (χ1) is 8.86. The third-order valence-corrected chi connectivity index (χ3v) is 4.56. The lowest BCUT2D eigenvalue weighted by molar-refractivity contribution is 0.575. The Labute approximate surface area is 114 Å². The molecule has 0 heterocycles. The van der Waals surface area contributed by atoms with Crippen molar-refractivity contribution in [3.05, 3.63) is 29.6 Å². The van der Waals surface area contributed by atoms with Crippen LogP contribution in [-0.2, 0) is 10.0 Å². The molecule has 1 rings (SSSR count). The van der Waals surface area contributed by atoms with Crippen LogP contribution in [0.3, 0.4) is 0 Å². The van der Waals surface area contributed by atoms with Gasteiger partial charge < -0.3 is 5.32 Å². The van der Waals surface area contributed by atoms with Gasteiger partial charge in [-0.05, 0) is 50.6 Å². The van der Waals surface area contributed by atoms with E-state index in [1.807, 2.05) is 6.92 Å². The first-order valence-corrected chi connectivity index (χ1v) is 7.90. The summed E-state index contributed by atoms with van der Waals surface area (Å²) in [5, 5.41) is 2.52. The van der Waals surface area contributed by atoms with Crippen molar-refractivity contribution in [1.29, 1.82) is 0 Å². The molecule has 1 aromatic carbocycles. The molecule has 2 N–H and O–H groups in total. The van der Waals surface area contributed by atoms with Crippen molar-refractivity contribution < 1.29 is 12.8 Å². The van der Waals surface area contributed by atoms with E-state index in [1.165, 1.54) is 18.2 Å². The van der Waals surface area contributed by atoms with E-state index in [0.717, 1.165) is 13.0 Å². The van der Waals surface area contributed by atoms with Crippen LogP contribution >= 0.6 is 0 Å². The Bertz CT molecular complexity index is 517. The van der Waals surface area contributed by atoms with Gasteiger partial charge in [0.15, 0.2) is 0 Å². The lowest BCUT2D eigenvalue weighted by atomic mass is 10.2. The average molecular weight is 288 g/mol. The average Bonchev–Trinajstić information content (AvgIpc) is 2.33. The normalized spacial score (nSPS) is 13.3. The highest BCUT2D eigenvalue weighted by molar-refractivity contribution is 7.93. The second kappa shape index (κ2) is 6.86. The Balaban J connectivity index is 2.73. The molecule has 108 valence electrons. The van der Waals surface area contributed by atoms with Crippen LogP contribution in [0.25, 0.3) is 0 Å². The summed E-state index contributed by atoms with van der Waals surface area (Å²) in [5.41, 5.74) is 0.987. The Morgan fingerprint density at radius 2 is 2.05 bits per heavy atom. The summed E-state index contributed by atoms with van der Waals surface area (Å²) in [6, 6.07) is 3.98. The van der Waals surface area contributed by atoms with Crippen molar-refractivity contribution >= 4 is 15.7 Å². The minimum Gasteiger partial charge on any atom is -0.315 e. The Morgan fingerprint density at radius 3 is 2.63 bits per heavy atom. The fraction of sp³-hybridized carbons (Fsp3) is 0.538. The van der Waals surface area contributed by atoms with Crippen molar-refractivity contribution in [1.82, 2.24) is 5.32 Å². The predicted octanol–water partition coefficient (Wildman–Crippen LogP) is 2.26. The molecular formula is C13H21FN2O2S. The van der Waals surface area contributed by atoms with Crippen LogP contribution < -0.4 is 10.0 Å². The maximum absolute atomic E-state index is 13.0. The highest BCUT2D eigenvalue weighted by atomic mass is 32.2. The van der Waals surface area contributed by atoms with E-state index in [2.05, 4.69) is 10.0 Å². The second-order valence-corrected chi connectivity index (χ2v) is 6.72. The molecule has 1 aromatic rings. The highest BCUT2D eigenvalue weighted by Crippen LogP contribution is 2.18. The Morgan fingerprint density at radius 1 is 1.37 bits per heavy atom. The molecule has 0 amide bonds. The summed E-state index contributed by atoms with van der Waals surface area (Å²) in [6.45, 7) is 6.51. The molecule has 19 heavy (non-hydrogen) atoms. The highest BCUT2D eigenvalue weighted by Gasteiger charge is 2.20. The summed E-state index contributed by atoms with van der Waals surface area (Å²) >= 11 is 0. The first-order valence-electron chi connectivity index (χ1n) is 6.35. The van der Waals surface area contributed by atoms with Crippen LogP contribution in [0.5, 0.6) is 0 Å². The van der Waals surface area contributed by atoms with Gasteiger partial charge in [-0.2, -0.15) is 0 Å². The van der Waals surface area contributed by atoms with Gasteiger partial charge in [0.25, 0.3) is 0 Å². The second-order valence-electron chi connectivity index (χ2n) is 4.62. The fourth-order valence-electron chi connectivity index (χ4n) is 1.59. The number of sulfonamides is 1. The van der Waals surface area contributed by atoms with Crippen LogP contribution in [0.4, 0.5) is 10.1 Å². The van der Waals surface area contributed by atoms with E-state index in [4.69, 9.17) is 0 Å². The van der Waals surface area contributed by atoms with Crippen LogP contribution in [0.2, 0.25) is 0 Å². The number of hydrogen-bond acceptors (Lipinski definition) is 3. The van der Waals surface area contributed by atoms with E-state index in [1.54, 1.807) is 13.8 Å². The molecule has 0 aliphatic carbocycles. The van der Waals surface area contributed by atoms with Gasteiger partial charge in [-0.15, -0.1) is 0 Å². The lowest BCUT2D eigenvalue weighted by Gasteiger charge is -2.16. The zero-order valence-electron chi connectivity index (χ0n) is 11.5. The predicted molar refractivity (Wildman–Crippen MR) is 76.3 cm³/mol. The van der Waals surface area contributed by atoms with Crippen molar-refractivity contribution in [3.8, 4) is 0 Å². The molecule has 0 radical (unpaired) electrons. The van der Waals surface area contributed by atoms with Crippen LogP contribution in [0.1, 0.15) is 25.8 Å². The van der Waals surface area contributed by atoms with Crippen molar-refractivity contribution in [3.63, 3.8) is 0 Å². The number of rotatable bonds is 7. The maximum Gasteiger partial charge on any atom is 0.236 e. The van der Waals surface area contributed by atoms with Gasteiger partial charge in [0.05, 0.1) is 10.9 Å². The van der Waals surface area contributed by atoms with Crippen molar-refractivity contribution in [2.75, 3.05) is 17.8 Å². The molecule has 1 unspecified atom stereocenters. The van der Waals surface area contributed by atoms with E-state index >= 15 is 0 Å². The summed E-state index contributed by atoms with van der Waals surface area (Å²) in [6.07, 6.45) is 0.956.